The van der Waals surface area contributed by atoms with E-state index in [-0.39, 0.29) is 0 Å². The van der Waals surface area contributed by atoms with Gasteiger partial charge in [-0.25, -0.2) is 0 Å². The van der Waals surface area contributed by atoms with E-state index in [9.17, 15) is 0 Å². The molecule has 1 aromatic carbocycles. The van der Waals surface area contributed by atoms with Crippen LogP contribution in [0.15, 0.2) is 18.2 Å². The van der Waals surface area contributed by atoms with Gasteiger partial charge in [-0.2, -0.15) is 0 Å². The van der Waals surface area contributed by atoms with E-state index in [4.69, 9.17) is 9.47 Å². The molecule has 3 atom stereocenters. The molecular formula is C15H21NO2. The summed E-state index contributed by atoms with van der Waals surface area (Å²) < 4.78 is 11.5. The number of hydrogen-bond donors (Lipinski definition) is 1. The summed E-state index contributed by atoms with van der Waals surface area (Å²) in [5, 5.41) is 3.45. The Hall–Kier alpha value is -1.06. The van der Waals surface area contributed by atoms with Crippen molar-refractivity contribution >= 4 is 0 Å². The lowest BCUT2D eigenvalue weighted by atomic mass is 9.89. The second-order valence-electron chi connectivity index (χ2n) is 5.34. The third kappa shape index (κ3) is 2.02. The first-order chi connectivity index (χ1) is 8.79. The highest BCUT2D eigenvalue weighted by Gasteiger charge is 2.32. The number of benzene rings is 1. The van der Waals surface area contributed by atoms with Crippen molar-refractivity contribution in [2.24, 2.45) is 5.92 Å². The van der Waals surface area contributed by atoms with Gasteiger partial charge in [-0.15, -0.1) is 0 Å². The van der Waals surface area contributed by atoms with Crippen molar-refractivity contribution in [2.75, 3.05) is 20.3 Å². The average molecular weight is 247 g/mol. The van der Waals surface area contributed by atoms with Gasteiger partial charge in [-0.05, 0) is 26.0 Å². The third-order valence-electron chi connectivity index (χ3n) is 4.09. The normalized spacial score (nSPS) is 27.9. The second kappa shape index (κ2) is 4.90. The van der Waals surface area contributed by atoms with Crippen molar-refractivity contribution in [3.05, 3.63) is 29.3 Å². The van der Waals surface area contributed by atoms with E-state index in [2.05, 4.69) is 30.4 Å². The number of para-hydroxylation sites is 1. The Balaban J connectivity index is 1.90. The Labute approximate surface area is 108 Å². The topological polar surface area (TPSA) is 30.5 Å². The van der Waals surface area contributed by atoms with Crippen molar-refractivity contribution in [3.8, 4) is 5.75 Å². The Bertz CT molecular complexity index is 433. The van der Waals surface area contributed by atoms with Crippen LogP contribution < -0.4 is 10.1 Å². The van der Waals surface area contributed by atoms with Gasteiger partial charge in [0.1, 0.15) is 5.75 Å². The van der Waals surface area contributed by atoms with Gasteiger partial charge >= 0.3 is 0 Å². The molecule has 3 heteroatoms. The van der Waals surface area contributed by atoms with Gasteiger partial charge in [-0.1, -0.05) is 18.2 Å². The minimum absolute atomic E-state index is 0.336. The lowest BCUT2D eigenvalue weighted by molar-refractivity contribution is 0.117. The summed E-state index contributed by atoms with van der Waals surface area (Å²) >= 11 is 0. The average Bonchev–Trinajstić information content (AvgIpc) is 2.99. The van der Waals surface area contributed by atoms with E-state index < -0.39 is 0 Å². The van der Waals surface area contributed by atoms with Crippen LogP contribution in [0, 0.1) is 5.92 Å². The van der Waals surface area contributed by atoms with Gasteiger partial charge in [0.25, 0.3) is 0 Å². The van der Waals surface area contributed by atoms with Crippen LogP contribution >= 0.6 is 0 Å². The molecule has 98 valence electrons. The van der Waals surface area contributed by atoms with Gasteiger partial charge in [0, 0.05) is 23.9 Å². The fourth-order valence-corrected chi connectivity index (χ4v) is 3.21. The molecule has 0 saturated carbocycles. The van der Waals surface area contributed by atoms with Gasteiger partial charge in [-0.3, -0.25) is 0 Å². The molecule has 3 nitrogen and oxygen atoms in total. The lowest BCUT2D eigenvalue weighted by Crippen LogP contribution is -2.26. The molecule has 2 aliphatic rings. The van der Waals surface area contributed by atoms with Crippen LogP contribution in [0.3, 0.4) is 0 Å². The fraction of sp³-hybridized carbons (Fsp3) is 0.600. The van der Waals surface area contributed by atoms with E-state index in [1.165, 1.54) is 11.1 Å². The Morgan fingerprint density at radius 2 is 2.28 bits per heavy atom. The summed E-state index contributed by atoms with van der Waals surface area (Å²) in [6, 6.07) is 6.84. The van der Waals surface area contributed by atoms with E-state index in [0.29, 0.717) is 18.1 Å². The maximum absolute atomic E-state index is 5.82. The van der Waals surface area contributed by atoms with Crippen molar-refractivity contribution in [1.29, 1.82) is 0 Å². The monoisotopic (exact) mass is 247 g/mol. The summed E-state index contributed by atoms with van der Waals surface area (Å²) in [6.45, 7) is 3.81. The summed E-state index contributed by atoms with van der Waals surface area (Å²) in [6.07, 6.45) is 2.54. The first-order valence-electron chi connectivity index (χ1n) is 6.83. The minimum Gasteiger partial charge on any atom is -0.493 e. The van der Waals surface area contributed by atoms with Crippen LogP contribution in [0.1, 0.15) is 30.5 Å². The van der Waals surface area contributed by atoms with Crippen molar-refractivity contribution in [2.45, 2.75) is 31.9 Å². The molecular weight excluding hydrogens is 226 g/mol. The van der Waals surface area contributed by atoms with E-state index in [1.807, 2.05) is 7.05 Å². The second-order valence-corrected chi connectivity index (χ2v) is 5.34. The van der Waals surface area contributed by atoms with Crippen molar-refractivity contribution in [3.63, 3.8) is 0 Å². The van der Waals surface area contributed by atoms with Crippen LogP contribution in [0.4, 0.5) is 0 Å². The van der Waals surface area contributed by atoms with Crippen LogP contribution in [0.5, 0.6) is 5.75 Å². The molecule has 0 spiro atoms. The quantitative estimate of drug-likeness (QED) is 0.889. The van der Waals surface area contributed by atoms with Gasteiger partial charge in [0.05, 0.1) is 19.3 Å². The highest BCUT2D eigenvalue weighted by Crippen LogP contribution is 2.39. The van der Waals surface area contributed by atoms with Crippen LogP contribution in [-0.2, 0) is 11.2 Å². The summed E-state index contributed by atoms with van der Waals surface area (Å²) in [5.74, 6) is 1.65. The fourth-order valence-electron chi connectivity index (χ4n) is 3.21. The summed E-state index contributed by atoms with van der Waals surface area (Å²) in [4.78, 5) is 0. The number of ether oxygens (including phenoxy) is 2. The standard InChI is InChI=1S/C15H21NO2/c1-10-8-12(9-18-10)14(16-2)13-5-3-4-11-6-7-17-15(11)13/h3-5,10,12,14,16H,6-9H2,1-2H3. The van der Waals surface area contributed by atoms with Gasteiger partial charge < -0.3 is 14.8 Å². The highest BCUT2D eigenvalue weighted by molar-refractivity contribution is 5.46. The molecule has 0 radical (unpaired) electrons. The number of fused-ring (bicyclic) bond motifs is 1. The van der Waals surface area contributed by atoms with Crippen LogP contribution in [-0.4, -0.2) is 26.4 Å². The number of nitrogens with one attached hydrogen (secondary N) is 1. The smallest absolute Gasteiger partial charge is 0.127 e. The molecule has 2 aliphatic heterocycles. The predicted molar refractivity (Wildman–Crippen MR) is 71.0 cm³/mol. The molecule has 0 bridgehead atoms. The van der Waals surface area contributed by atoms with Crippen LogP contribution in [0.2, 0.25) is 0 Å². The minimum atomic E-state index is 0.336. The molecule has 1 N–H and O–H groups in total. The lowest BCUT2D eigenvalue weighted by Gasteiger charge is -2.24. The Morgan fingerprint density at radius 3 is 3.00 bits per heavy atom. The Morgan fingerprint density at radius 1 is 1.39 bits per heavy atom. The molecule has 2 heterocycles. The summed E-state index contributed by atoms with van der Waals surface area (Å²) in [5.41, 5.74) is 2.65. The maximum atomic E-state index is 5.82. The molecule has 0 amide bonds. The van der Waals surface area contributed by atoms with Gasteiger partial charge in [0.2, 0.25) is 0 Å². The zero-order valence-corrected chi connectivity index (χ0v) is 11.1. The molecule has 18 heavy (non-hydrogen) atoms. The van der Waals surface area contributed by atoms with Crippen LogP contribution in [0.25, 0.3) is 0 Å². The SMILES string of the molecule is CNC(c1cccc2c1OCC2)C1COC(C)C1. The van der Waals surface area contributed by atoms with E-state index in [1.54, 1.807) is 0 Å². The molecule has 0 aromatic heterocycles. The number of hydrogen-bond acceptors (Lipinski definition) is 3. The van der Waals surface area contributed by atoms with E-state index >= 15 is 0 Å². The molecule has 1 aromatic rings. The summed E-state index contributed by atoms with van der Waals surface area (Å²) in [7, 11) is 2.03. The molecule has 0 aliphatic carbocycles. The van der Waals surface area contributed by atoms with Gasteiger partial charge in [0.15, 0.2) is 0 Å². The maximum Gasteiger partial charge on any atom is 0.127 e. The first kappa shape index (κ1) is 12.0. The highest BCUT2D eigenvalue weighted by atomic mass is 16.5. The molecule has 1 saturated heterocycles. The third-order valence-corrected chi connectivity index (χ3v) is 4.09. The number of rotatable bonds is 3. The zero-order valence-electron chi connectivity index (χ0n) is 11.1. The van der Waals surface area contributed by atoms with Crippen molar-refractivity contribution in [1.82, 2.24) is 5.32 Å². The Kier molecular flexibility index (Phi) is 3.27. The first-order valence-corrected chi connectivity index (χ1v) is 6.83. The predicted octanol–water partition coefficient (Wildman–Crippen LogP) is 2.31. The zero-order chi connectivity index (χ0) is 12.5. The largest absolute Gasteiger partial charge is 0.493 e. The molecule has 1 fully saturated rings. The van der Waals surface area contributed by atoms with E-state index in [0.717, 1.165) is 31.8 Å². The van der Waals surface area contributed by atoms with Crippen molar-refractivity contribution < 1.29 is 9.47 Å². The molecule has 3 rings (SSSR count). The molecule has 3 unspecified atom stereocenters.